The highest BCUT2D eigenvalue weighted by atomic mass is 16.6. The first-order valence-corrected chi connectivity index (χ1v) is 7.75. The highest BCUT2D eigenvalue weighted by Gasteiger charge is 2.45. The molecule has 23 heavy (non-hydrogen) atoms. The summed E-state index contributed by atoms with van der Waals surface area (Å²) in [6, 6.07) is -0.849. The van der Waals surface area contributed by atoms with Crippen molar-refractivity contribution in [2.24, 2.45) is 11.8 Å². The number of rotatable bonds is 3. The van der Waals surface area contributed by atoms with Crippen molar-refractivity contribution >= 4 is 18.0 Å². The van der Waals surface area contributed by atoms with E-state index in [1.165, 1.54) is 19.1 Å². The molecule has 1 saturated heterocycles. The van der Waals surface area contributed by atoms with Gasteiger partial charge in [0.1, 0.15) is 11.6 Å². The standard InChI is InChI=1S/C16H27NO6/c1-10-7-8-17(15(20)23-16(2,3)4)13(14(19)22-6)11(10)9-12(18)21-5/h10-11,13H,7-9H2,1-6H3/t10-,11+,13+/m1/s1. The molecule has 1 rings (SSSR count). The first-order valence-electron chi connectivity index (χ1n) is 7.75. The molecule has 1 amide bonds. The van der Waals surface area contributed by atoms with E-state index < -0.39 is 29.7 Å². The lowest BCUT2D eigenvalue weighted by molar-refractivity contribution is -0.154. The molecule has 0 radical (unpaired) electrons. The van der Waals surface area contributed by atoms with E-state index in [-0.39, 0.29) is 18.3 Å². The lowest BCUT2D eigenvalue weighted by atomic mass is 9.78. The molecule has 7 nitrogen and oxygen atoms in total. The average Bonchev–Trinajstić information content (AvgIpc) is 2.46. The van der Waals surface area contributed by atoms with Crippen molar-refractivity contribution in [1.29, 1.82) is 0 Å². The van der Waals surface area contributed by atoms with Crippen LogP contribution < -0.4 is 0 Å². The van der Waals surface area contributed by atoms with Crippen LogP contribution in [0.4, 0.5) is 4.79 Å². The highest BCUT2D eigenvalue weighted by Crippen LogP contribution is 2.33. The van der Waals surface area contributed by atoms with Gasteiger partial charge in [-0.05, 0) is 33.1 Å². The number of carbonyl (C=O) groups is 3. The second-order valence-corrected chi connectivity index (χ2v) is 6.85. The van der Waals surface area contributed by atoms with Crippen LogP contribution in [-0.2, 0) is 23.8 Å². The summed E-state index contributed by atoms with van der Waals surface area (Å²) in [5.41, 5.74) is -0.668. The van der Waals surface area contributed by atoms with E-state index in [0.717, 1.165) is 0 Å². The average molecular weight is 329 g/mol. The second-order valence-electron chi connectivity index (χ2n) is 6.85. The SMILES string of the molecule is COC(=O)C[C@H]1[C@H](C)CCN(C(=O)OC(C)(C)C)[C@@H]1C(=O)OC. The Hall–Kier alpha value is -1.79. The number of methoxy groups -OCH3 is 2. The van der Waals surface area contributed by atoms with Crippen molar-refractivity contribution in [3.63, 3.8) is 0 Å². The molecule has 0 unspecified atom stereocenters. The maximum absolute atomic E-state index is 12.4. The third-order valence-electron chi connectivity index (χ3n) is 4.00. The summed E-state index contributed by atoms with van der Waals surface area (Å²) in [7, 11) is 2.57. The molecule has 0 N–H and O–H groups in total. The van der Waals surface area contributed by atoms with E-state index in [2.05, 4.69) is 0 Å². The molecule has 7 heteroatoms. The number of piperidine rings is 1. The molecule has 0 aromatic heterocycles. The van der Waals surface area contributed by atoms with Crippen LogP contribution in [0.5, 0.6) is 0 Å². The van der Waals surface area contributed by atoms with Gasteiger partial charge in [0.2, 0.25) is 0 Å². The number of carbonyl (C=O) groups excluding carboxylic acids is 3. The highest BCUT2D eigenvalue weighted by molar-refractivity contribution is 5.83. The van der Waals surface area contributed by atoms with Crippen LogP contribution in [-0.4, -0.2) is 55.3 Å². The molecule has 1 aliphatic heterocycles. The molecule has 1 aliphatic rings. The van der Waals surface area contributed by atoms with Crippen molar-refractivity contribution in [2.45, 2.75) is 52.2 Å². The van der Waals surface area contributed by atoms with Crippen LogP contribution in [0, 0.1) is 11.8 Å². The lowest BCUT2D eigenvalue weighted by Gasteiger charge is -2.42. The third-order valence-corrected chi connectivity index (χ3v) is 4.00. The van der Waals surface area contributed by atoms with Crippen molar-refractivity contribution in [3.8, 4) is 0 Å². The van der Waals surface area contributed by atoms with E-state index in [1.807, 2.05) is 6.92 Å². The number of esters is 2. The predicted molar refractivity (Wildman–Crippen MR) is 82.6 cm³/mol. The van der Waals surface area contributed by atoms with Crippen molar-refractivity contribution < 1.29 is 28.6 Å². The van der Waals surface area contributed by atoms with Crippen molar-refractivity contribution in [3.05, 3.63) is 0 Å². The van der Waals surface area contributed by atoms with Crippen LogP contribution in [0.3, 0.4) is 0 Å². The van der Waals surface area contributed by atoms with Crippen LogP contribution in [0.1, 0.15) is 40.5 Å². The molecule has 3 atom stereocenters. The Morgan fingerprint density at radius 1 is 1.13 bits per heavy atom. The first kappa shape index (κ1) is 19.3. The topological polar surface area (TPSA) is 82.1 Å². The van der Waals surface area contributed by atoms with Gasteiger partial charge < -0.3 is 14.2 Å². The molecule has 0 spiro atoms. The quantitative estimate of drug-likeness (QED) is 0.582. The fourth-order valence-corrected chi connectivity index (χ4v) is 2.77. The van der Waals surface area contributed by atoms with Gasteiger partial charge in [0, 0.05) is 12.5 Å². The van der Waals surface area contributed by atoms with Crippen LogP contribution in [0.25, 0.3) is 0 Å². The smallest absolute Gasteiger partial charge is 0.411 e. The Morgan fingerprint density at radius 3 is 2.22 bits per heavy atom. The van der Waals surface area contributed by atoms with Gasteiger partial charge in [0.05, 0.1) is 20.6 Å². The zero-order valence-electron chi connectivity index (χ0n) is 14.8. The van der Waals surface area contributed by atoms with Gasteiger partial charge in [-0.3, -0.25) is 9.69 Å². The monoisotopic (exact) mass is 329 g/mol. The van der Waals surface area contributed by atoms with Gasteiger partial charge in [0.25, 0.3) is 0 Å². The maximum atomic E-state index is 12.4. The van der Waals surface area contributed by atoms with Gasteiger partial charge in [-0.15, -0.1) is 0 Å². The summed E-state index contributed by atoms with van der Waals surface area (Å²) in [4.78, 5) is 37.7. The van der Waals surface area contributed by atoms with E-state index in [9.17, 15) is 14.4 Å². The van der Waals surface area contributed by atoms with Gasteiger partial charge in [-0.25, -0.2) is 9.59 Å². The fraction of sp³-hybridized carbons (Fsp3) is 0.812. The molecule has 132 valence electrons. The van der Waals surface area contributed by atoms with Crippen LogP contribution in [0.15, 0.2) is 0 Å². The molecule has 0 saturated carbocycles. The van der Waals surface area contributed by atoms with Gasteiger partial charge in [0.15, 0.2) is 0 Å². The summed E-state index contributed by atoms with van der Waals surface area (Å²) >= 11 is 0. The number of hydrogen-bond acceptors (Lipinski definition) is 6. The number of ether oxygens (including phenoxy) is 3. The Kier molecular flexibility index (Phi) is 6.41. The summed E-state index contributed by atoms with van der Waals surface area (Å²) < 4.78 is 14.9. The van der Waals surface area contributed by atoms with E-state index in [4.69, 9.17) is 14.2 Å². The molecule has 0 bridgehead atoms. The zero-order valence-corrected chi connectivity index (χ0v) is 14.8. The summed E-state index contributed by atoms with van der Waals surface area (Å²) in [6.45, 7) is 7.62. The summed E-state index contributed by atoms with van der Waals surface area (Å²) in [5, 5.41) is 0. The van der Waals surface area contributed by atoms with Gasteiger partial charge in [-0.1, -0.05) is 6.92 Å². The molecular formula is C16H27NO6. The second kappa shape index (κ2) is 7.66. The van der Waals surface area contributed by atoms with Gasteiger partial charge in [-0.2, -0.15) is 0 Å². The number of nitrogens with zero attached hydrogens (tertiary/aromatic N) is 1. The van der Waals surface area contributed by atoms with E-state index >= 15 is 0 Å². The van der Waals surface area contributed by atoms with E-state index in [0.29, 0.717) is 13.0 Å². The minimum atomic E-state index is -0.849. The van der Waals surface area contributed by atoms with E-state index in [1.54, 1.807) is 20.8 Å². The van der Waals surface area contributed by atoms with Crippen molar-refractivity contribution in [1.82, 2.24) is 4.90 Å². The van der Waals surface area contributed by atoms with Crippen molar-refractivity contribution in [2.75, 3.05) is 20.8 Å². The molecule has 0 aliphatic carbocycles. The Balaban J connectivity index is 3.06. The molecule has 0 aromatic carbocycles. The van der Waals surface area contributed by atoms with Crippen LogP contribution >= 0.6 is 0 Å². The fourth-order valence-electron chi connectivity index (χ4n) is 2.77. The number of likely N-dealkylation sites (tertiary alicyclic amines) is 1. The largest absolute Gasteiger partial charge is 0.469 e. The normalized spacial score (nSPS) is 24.8. The summed E-state index contributed by atoms with van der Waals surface area (Å²) in [6.07, 6.45) is 0.153. The molecular weight excluding hydrogens is 302 g/mol. The molecule has 1 fully saturated rings. The zero-order chi connectivity index (χ0) is 17.8. The summed E-state index contributed by atoms with van der Waals surface area (Å²) in [5.74, 6) is -1.24. The third kappa shape index (κ3) is 5.11. The minimum Gasteiger partial charge on any atom is -0.469 e. The molecule has 0 aromatic rings. The maximum Gasteiger partial charge on any atom is 0.411 e. The molecule has 1 heterocycles. The number of hydrogen-bond donors (Lipinski definition) is 0. The Bertz CT molecular complexity index is 456. The number of amides is 1. The predicted octanol–water partition coefficient (Wildman–Crippen LogP) is 1.98. The first-order chi connectivity index (χ1) is 10.6. The van der Waals surface area contributed by atoms with Crippen LogP contribution in [0.2, 0.25) is 0 Å². The Morgan fingerprint density at radius 2 is 1.74 bits per heavy atom. The Labute approximate surface area is 137 Å². The van der Waals surface area contributed by atoms with Gasteiger partial charge >= 0.3 is 18.0 Å². The lowest BCUT2D eigenvalue weighted by Crippen LogP contribution is -2.56. The minimum absolute atomic E-state index is 0.0523.